The molecule has 0 radical (unpaired) electrons. The Morgan fingerprint density at radius 1 is 1.47 bits per heavy atom. The fourth-order valence-electron chi connectivity index (χ4n) is 1.74. The Morgan fingerprint density at radius 2 is 2.26 bits per heavy atom. The van der Waals surface area contributed by atoms with Gasteiger partial charge >= 0.3 is 0 Å². The van der Waals surface area contributed by atoms with Gasteiger partial charge in [0.15, 0.2) is 0 Å². The third-order valence-electron chi connectivity index (χ3n) is 2.83. The van der Waals surface area contributed by atoms with E-state index in [9.17, 15) is 4.39 Å². The van der Waals surface area contributed by atoms with Crippen LogP contribution in [-0.4, -0.2) is 11.5 Å². The van der Waals surface area contributed by atoms with E-state index in [1.807, 2.05) is 11.4 Å². The Hall–Kier alpha value is -0.780. The predicted molar refractivity (Wildman–Crippen MR) is 81.9 cm³/mol. The standard InChI is InChI=1S/C14H16BrFN2S/c1-3-6-17-9(2)13-8-19-14(18-13)11-5-4-10(15)7-12(11)16/h4-5,7-9,17H,3,6H2,1-2H3. The molecule has 1 aromatic heterocycles. The molecule has 2 rings (SSSR count). The number of nitrogens with one attached hydrogen (secondary N) is 1. The number of rotatable bonds is 5. The summed E-state index contributed by atoms with van der Waals surface area (Å²) in [6.45, 7) is 5.16. The molecule has 1 atom stereocenters. The van der Waals surface area contributed by atoms with E-state index in [1.165, 1.54) is 17.4 Å². The largest absolute Gasteiger partial charge is 0.309 e. The average molecular weight is 343 g/mol. The first kappa shape index (κ1) is 14.6. The highest BCUT2D eigenvalue weighted by Gasteiger charge is 2.13. The van der Waals surface area contributed by atoms with Gasteiger partial charge in [0.2, 0.25) is 0 Å². The first-order valence-corrected chi connectivity index (χ1v) is 7.93. The highest BCUT2D eigenvalue weighted by atomic mass is 79.9. The molecular weight excluding hydrogens is 327 g/mol. The van der Waals surface area contributed by atoms with Crippen molar-refractivity contribution in [3.8, 4) is 10.6 Å². The molecule has 5 heteroatoms. The Kier molecular flexibility index (Phi) is 5.07. The molecule has 0 saturated heterocycles. The van der Waals surface area contributed by atoms with Gasteiger partial charge in [0, 0.05) is 21.5 Å². The number of halogens is 2. The normalized spacial score (nSPS) is 12.6. The van der Waals surface area contributed by atoms with E-state index in [1.54, 1.807) is 6.07 Å². The molecule has 0 saturated carbocycles. The molecule has 1 heterocycles. The van der Waals surface area contributed by atoms with Gasteiger partial charge in [-0.15, -0.1) is 11.3 Å². The summed E-state index contributed by atoms with van der Waals surface area (Å²) < 4.78 is 14.6. The van der Waals surface area contributed by atoms with E-state index in [0.717, 1.165) is 28.1 Å². The van der Waals surface area contributed by atoms with Gasteiger partial charge in [-0.05, 0) is 38.1 Å². The smallest absolute Gasteiger partial charge is 0.134 e. The number of aromatic nitrogens is 1. The van der Waals surface area contributed by atoms with E-state index in [-0.39, 0.29) is 11.9 Å². The molecule has 1 unspecified atom stereocenters. The molecule has 1 N–H and O–H groups in total. The number of benzene rings is 1. The van der Waals surface area contributed by atoms with E-state index < -0.39 is 0 Å². The molecule has 0 amide bonds. The highest BCUT2D eigenvalue weighted by Crippen LogP contribution is 2.29. The molecule has 0 bridgehead atoms. The summed E-state index contributed by atoms with van der Waals surface area (Å²) in [5.41, 5.74) is 1.53. The molecule has 0 aliphatic heterocycles. The minimum absolute atomic E-state index is 0.198. The summed E-state index contributed by atoms with van der Waals surface area (Å²) in [6.07, 6.45) is 1.09. The van der Waals surface area contributed by atoms with Crippen molar-refractivity contribution in [1.82, 2.24) is 10.3 Å². The van der Waals surface area contributed by atoms with E-state index in [4.69, 9.17) is 0 Å². The summed E-state index contributed by atoms with van der Waals surface area (Å²) in [5, 5.41) is 6.10. The van der Waals surface area contributed by atoms with E-state index in [2.05, 4.69) is 40.1 Å². The summed E-state index contributed by atoms with van der Waals surface area (Å²) in [6, 6.07) is 5.25. The van der Waals surface area contributed by atoms with Crippen molar-refractivity contribution in [3.63, 3.8) is 0 Å². The second kappa shape index (κ2) is 6.59. The van der Waals surface area contributed by atoms with Crippen LogP contribution in [0.1, 0.15) is 32.0 Å². The maximum Gasteiger partial charge on any atom is 0.134 e. The van der Waals surface area contributed by atoms with Crippen LogP contribution in [-0.2, 0) is 0 Å². The monoisotopic (exact) mass is 342 g/mol. The maximum absolute atomic E-state index is 13.9. The number of nitrogens with zero attached hydrogens (tertiary/aromatic N) is 1. The van der Waals surface area contributed by atoms with Crippen LogP contribution in [0.15, 0.2) is 28.1 Å². The molecule has 0 spiro atoms. The Balaban J connectivity index is 2.20. The van der Waals surface area contributed by atoms with Gasteiger partial charge < -0.3 is 5.32 Å². The quantitative estimate of drug-likeness (QED) is 0.846. The van der Waals surface area contributed by atoms with Gasteiger partial charge in [-0.1, -0.05) is 22.9 Å². The fourth-order valence-corrected chi connectivity index (χ4v) is 3.01. The van der Waals surface area contributed by atoms with Crippen molar-refractivity contribution in [2.45, 2.75) is 26.3 Å². The molecule has 19 heavy (non-hydrogen) atoms. The zero-order valence-corrected chi connectivity index (χ0v) is 13.3. The molecular formula is C14H16BrFN2S. The minimum Gasteiger partial charge on any atom is -0.309 e. The lowest BCUT2D eigenvalue weighted by Crippen LogP contribution is -2.19. The zero-order chi connectivity index (χ0) is 13.8. The number of hydrogen-bond donors (Lipinski definition) is 1. The molecule has 102 valence electrons. The van der Waals surface area contributed by atoms with Gasteiger partial charge in [-0.2, -0.15) is 0 Å². The number of thiazole rings is 1. The van der Waals surface area contributed by atoms with Crippen LogP contribution in [0.4, 0.5) is 4.39 Å². The third kappa shape index (κ3) is 3.61. The van der Waals surface area contributed by atoms with Crippen molar-refractivity contribution < 1.29 is 4.39 Å². The summed E-state index contributed by atoms with van der Waals surface area (Å²) >= 11 is 4.74. The van der Waals surface area contributed by atoms with Crippen LogP contribution in [0, 0.1) is 5.82 Å². The molecule has 2 nitrogen and oxygen atoms in total. The molecule has 0 aliphatic rings. The zero-order valence-electron chi connectivity index (χ0n) is 10.9. The Bertz CT molecular complexity index is 556. The van der Waals surface area contributed by atoms with Crippen LogP contribution >= 0.6 is 27.3 Å². The maximum atomic E-state index is 13.9. The topological polar surface area (TPSA) is 24.9 Å². The van der Waals surface area contributed by atoms with Crippen molar-refractivity contribution >= 4 is 27.3 Å². The minimum atomic E-state index is -0.246. The predicted octanol–water partition coefficient (Wildman–Crippen LogP) is 4.77. The van der Waals surface area contributed by atoms with Crippen LogP contribution in [0.25, 0.3) is 10.6 Å². The second-order valence-electron chi connectivity index (χ2n) is 4.38. The van der Waals surface area contributed by atoms with Crippen molar-refractivity contribution in [1.29, 1.82) is 0 Å². The second-order valence-corrected chi connectivity index (χ2v) is 6.15. The molecule has 2 aromatic rings. The summed E-state index contributed by atoms with van der Waals surface area (Å²) in [5.74, 6) is -0.246. The van der Waals surface area contributed by atoms with Gasteiger partial charge in [0.05, 0.1) is 5.69 Å². The van der Waals surface area contributed by atoms with E-state index in [0.29, 0.717) is 5.56 Å². The van der Waals surface area contributed by atoms with Crippen molar-refractivity contribution in [3.05, 3.63) is 39.6 Å². The van der Waals surface area contributed by atoms with Crippen molar-refractivity contribution in [2.24, 2.45) is 0 Å². The Morgan fingerprint density at radius 3 is 2.95 bits per heavy atom. The van der Waals surface area contributed by atoms with Crippen LogP contribution < -0.4 is 5.32 Å². The van der Waals surface area contributed by atoms with Crippen LogP contribution in [0.2, 0.25) is 0 Å². The van der Waals surface area contributed by atoms with Gasteiger partial charge in [0.1, 0.15) is 10.8 Å². The van der Waals surface area contributed by atoms with Gasteiger partial charge in [0.25, 0.3) is 0 Å². The van der Waals surface area contributed by atoms with Gasteiger partial charge in [-0.3, -0.25) is 0 Å². The lowest BCUT2D eigenvalue weighted by atomic mass is 10.2. The average Bonchev–Trinajstić information content (AvgIpc) is 2.85. The summed E-state index contributed by atoms with van der Waals surface area (Å²) in [4.78, 5) is 4.52. The highest BCUT2D eigenvalue weighted by molar-refractivity contribution is 9.10. The SMILES string of the molecule is CCCNC(C)c1csc(-c2ccc(Br)cc2F)n1. The lowest BCUT2D eigenvalue weighted by molar-refractivity contribution is 0.561. The Labute approximate surface area is 125 Å². The molecule has 1 aromatic carbocycles. The lowest BCUT2D eigenvalue weighted by Gasteiger charge is -2.09. The number of hydrogen-bond acceptors (Lipinski definition) is 3. The van der Waals surface area contributed by atoms with Crippen LogP contribution in [0.3, 0.4) is 0 Å². The first-order valence-electron chi connectivity index (χ1n) is 6.26. The molecule has 0 fully saturated rings. The summed E-state index contributed by atoms with van der Waals surface area (Å²) in [7, 11) is 0. The van der Waals surface area contributed by atoms with Gasteiger partial charge in [-0.25, -0.2) is 9.37 Å². The van der Waals surface area contributed by atoms with Crippen LogP contribution in [0.5, 0.6) is 0 Å². The fraction of sp³-hybridized carbons (Fsp3) is 0.357. The third-order valence-corrected chi connectivity index (χ3v) is 4.21. The van der Waals surface area contributed by atoms with Crippen molar-refractivity contribution in [2.75, 3.05) is 6.54 Å². The first-order chi connectivity index (χ1) is 9.11. The van der Waals surface area contributed by atoms with E-state index >= 15 is 0 Å². The molecule has 0 aliphatic carbocycles.